The van der Waals surface area contributed by atoms with Crippen LogP contribution in [0.2, 0.25) is 0 Å². The molecule has 0 fully saturated rings. The van der Waals surface area contributed by atoms with Crippen molar-refractivity contribution in [2.45, 2.75) is 17.9 Å². The van der Waals surface area contributed by atoms with E-state index in [1.54, 1.807) is 91.9 Å². The molecule has 3 aromatic rings. The van der Waals surface area contributed by atoms with E-state index in [9.17, 15) is 19.2 Å². The third kappa shape index (κ3) is 3.50. The Morgan fingerprint density at radius 3 is 2.24 bits per heavy atom. The van der Waals surface area contributed by atoms with E-state index in [0.29, 0.717) is 16.8 Å². The number of esters is 2. The first-order valence-corrected chi connectivity index (χ1v) is 12.1. The van der Waals surface area contributed by atoms with Crippen molar-refractivity contribution >= 4 is 41.5 Å². The van der Waals surface area contributed by atoms with Crippen molar-refractivity contribution in [1.29, 1.82) is 0 Å². The summed E-state index contributed by atoms with van der Waals surface area (Å²) in [4.78, 5) is 60.7. The zero-order valence-corrected chi connectivity index (χ0v) is 20.8. The molecule has 5 rings (SSSR count). The Balaban J connectivity index is 1.71. The second-order valence-electron chi connectivity index (χ2n) is 8.89. The second-order valence-corrected chi connectivity index (χ2v) is 8.89. The molecule has 0 saturated heterocycles. The van der Waals surface area contributed by atoms with Crippen molar-refractivity contribution in [3.63, 3.8) is 0 Å². The average molecular weight is 512 g/mol. The van der Waals surface area contributed by atoms with E-state index in [-0.39, 0.29) is 12.3 Å². The van der Waals surface area contributed by atoms with Crippen LogP contribution >= 0.6 is 0 Å². The summed E-state index contributed by atoms with van der Waals surface area (Å²) in [5.74, 6) is -3.84. The Bertz CT molecular complexity index is 1440. The van der Waals surface area contributed by atoms with Gasteiger partial charge in [0.15, 0.2) is 5.54 Å². The Kier molecular flexibility index (Phi) is 6.28. The van der Waals surface area contributed by atoms with Gasteiger partial charge in [-0.15, -0.1) is 0 Å². The molecule has 0 bridgehead atoms. The first-order chi connectivity index (χ1) is 18.4. The minimum Gasteiger partial charge on any atom is -0.467 e. The molecule has 0 unspecified atom stereocenters. The van der Waals surface area contributed by atoms with E-state index in [2.05, 4.69) is 10.3 Å². The zero-order valence-electron chi connectivity index (χ0n) is 20.8. The van der Waals surface area contributed by atoms with E-state index in [1.165, 1.54) is 13.3 Å². The summed E-state index contributed by atoms with van der Waals surface area (Å²) >= 11 is 0. The Hall–Kier alpha value is -4.79. The van der Waals surface area contributed by atoms with Gasteiger partial charge in [-0.05, 0) is 36.2 Å². The van der Waals surface area contributed by atoms with Crippen LogP contribution in [0.1, 0.15) is 18.1 Å². The maximum atomic E-state index is 14.4. The molecule has 0 aliphatic carbocycles. The smallest absolute Gasteiger partial charge is 0.339 e. The number of anilines is 2. The van der Waals surface area contributed by atoms with Gasteiger partial charge in [-0.2, -0.15) is 0 Å². The number of hydrogen-bond donors (Lipinski definition) is 1. The second kappa shape index (κ2) is 9.59. The fourth-order valence-electron chi connectivity index (χ4n) is 5.38. The number of benzene rings is 3. The number of aliphatic imine (C=N–C) groups is 1. The lowest BCUT2D eigenvalue weighted by atomic mass is 9.64. The number of urea groups is 1. The van der Waals surface area contributed by atoms with Crippen molar-refractivity contribution in [1.82, 2.24) is 0 Å². The van der Waals surface area contributed by atoms with Crippen LogP contribution < -0.4 is 10.2 Å². The Morgan fingerprint density at radius 2 is 1.58 bits per heavy atom. The summed E-state index contributed by atoms with van der Waals surface area (Å²) in [6, 6.07) is 23.1. The van der Waals surface area contributed by atoms with Gasteiger partial charge in [-0.25, -0.2) is 14.5 Å². The Labute approximate surface area is 219 Å². The number of imide groups is 1. The largest absolute Gasteiger partial charge is 0.467 e. The first-order valence-electron chi connectivity index (χ1n) is 12.1. The van der Waals surface area contributed by atoms with Gasteiger partial charge < -0.3 is 14.8 Å². The summed E-state index contributed by atoms with van der Waals surface area (Å²) in [5, 5.41) is 2.73. The molecule has 9 heteroatoms. The minimum absolute atomic E-state index is 0.00546. The summed E-state index contributed by atoms with van der Waals surface area (Å²) in [7, 11) is 1.19. The lowest BCUT2D eigenvalue weighted by molar-refractivity contribution is -0.163. The Morgan fingerprint density at radius 1 is 0.947 bits per heavy atom. The van der Waals surface area contributed by atoms with Crippen LogP contribution in [0.4, 0.5) is 16.2 Å². The number of methoxy groups -OCH3 is 1. The summed E-state index contributed by atoms with van der Waals surface area (Å²) < 4.78 is 10.6. The lowest BCUT2D eigenvalue weighted by Gasteiger charge is -2.36. The maximum absolute atomic E-state index is 14.4. The molecule has 3 amide bonds. The van der Waals surface area contributed by atoms with E-state index in [4.69, 9.17) is 9.47 Å². The molecule has 192 valence electrons. The van der Waals surface area contributed by atoms with Gasteiger partial charge >= 0.3 is 18.0 Å². The SMILES string of the molecule is CCOC(=O)[C@H]1[C@@]2(C=N[C@]1(C(=O)OC)c1ccccc1)C(=O)N(C(=O)Nc1ccccc1)c1ccccc12. The number of rotatable bonds is 5. The van der Waals surface area contributed by atoms with Crippen LogP contribution in [0.5, 0.6) is 0 Å². The molecule has 3 atom stereocenters. The summed E-state index contributed by atoms with van der Waals surface area (Å²) in [6.07, 6.45) is 1.30. The number of nitrogens with one attached hydrogen (secondary N) is 1. The third-order valence-corrected chi connectivity index (χ3v) is 6.95. The molecule has 2 aliphatic rings. The van der Waals surface area contributed by atoms with E-state index < -0.39 is 40.7 Å². The molecule has 1 spiro atoms. The average Bonchev–Trinajstić information content (AvgIpc) is 3.43. The highest BCUT2D eigenvalue weighted by atomic mass is 16.5. The number of carbonyl (C=O) groups is 4. The monoisotopic (exact) mass is 511 g/mol. The maximum Gasteiger partial charge on any atom is 0.339 e. The zero-order chi connectivity index (χ0) is 26.9. The lowest BCUT2D eigenvalue weighted by Crippen LogP contribution is -2.56. The number of hydrogen-bond acceptors (Lipinski definition) is 7. The highest BCUT2D eigenvalue weighted by Crippen LogP contribution is 2.56. The van der Waals surface area contributed by atoms with Crippen LogP contribution in [-0.4, -0.2) is 43.8 Å². The molecule has 0 aromatic heterocycles. The van der Waals surface area contributed by atoms with Gasteiger partial charge in [0.2, 0.25) is 0 Å². The molecular weight excluding hydrogens is 486 g/mol. The van der Waals surface area contributed by atoms with Crippen LogP contribution in [-0.2, 0) is 34.8 Å². The number of nitrogens with zero attached hydrogens (tertiary/aromatic N) is 2. The van der Waals surface area contributed by atoms with Crippen molar-refractivity contribution in [2.24, 2.45) is 10.9 Å². The van der Waals surface area contributed by atoms with Gasteiger partial charge in [-0.1, -0.05) is 66.7 Å². The molecular formula is C29H25N3O6. The standard InChI is InChI=1S/C29H25N3O6/c1-3-38-24(33)23-28(18-30-29(23,26(35)37-2)19-12-6-4-7-13-19)21-16-10-11-17-22(21)32(25(28)34)27(36)31-20-14-8-5-9-15-20/h4-18,23H,3H2,1-2H3,(H,31,36)/t23-,28-,29+/m0/s1. The van der Waals surface area contributed by atoms with Crippen LogP contribution in [0.3, 0.4) is 0 Å². The molecule has 9 nitrogen and oxygen atoms in total. The highest BCUT2D eigenvalue weighted by molar-refractivity contribution is 6.32. The molecule has 3 aromatic carbocycles. The normalized spacial score (nSPS) is 23.3. The molecule has 2 aliphatic heterocycles. The van der Waals surface area contributed by atoms with E-state index in [0.717, 1.165) is 4.90 Å². The summed E-state index contributed by atoms with van der Waals surface area (Å²) in [5.41, 5.74) is -2.25. The predicted octanol–water partition coefficient (Wildman–Crippen LogP) is 3.84. The van der Waals surface area contributed by atoms with Crippen molar-refractivity contribution in [2.75, 3.05) is 23.9 Å². The van der Waals surface area contributed by atoms with Crippen molar-refractivity contribution < 1.29 is 28.7 Å². The highest BCUT2D eigenvalue weighted by Gasteiger charge is 2.71. The number of amides is 3. The quantitative estimate of drug-likeness (QED) is 0.521. The van der Waals surface area contributed by atoms with Gasteiger partial charge in [-0.3, -0.25) is 14.6 Å². The molecule has 2 heterocycles. The van der Waals surface area contributed by atoms with Crippen molar-refractivity contribution in [3.05, 3.63) is 96.1 Å². The number of fused-ring (bicyclic) bond motifs is 2. The van der Waals surface area contributed by atoms with Gasteiger partial charge in [0.05, 0.1) is 19.4 Å². The molecule has 0 radical (unpaired) electrons. The molecule has 38 heavy (non-hydrogen) atoms. The predicted molar refractivity (Wildman–Crippen MR) is 140 cm³/mol. The van der Waals surface area contributed by atoms with E-state index in [1.807, 2.05) is 0 Å². The first kappa shape index (κ1) is 24.9. The molecule has 0 saturated carbocycles. The number of para-hydroxylation sites is 2. The van der Waals surface area contributed by atoms with Gasteiger partial charge in [0, 0.05) is 11.9 Å². The van der Waals surface area contributed by atoms with Crippen LogP contribution in [0.15, 0.2) is 89.9 Å². The van der Waals surface area contributed by atoms with Crippen LogP contribution in [0, 0.1) is 5.92 Å². The van der Waals surface area contributed by atoms with Gasteiger partial charge in [0.1, 0.15) is 11.3 Å². The number of ether oxygens (including phenoxy) is 2. The third-order valence-electron chi connectivity index (χ3n) is 6.95. The van der Waals surface area contributed by atoms with Crippen molar-refractivity contribution in [3.8, 4) is 0 Å². The van der Waals surface area contributed by atoms with E-state index >= 15 is 0 Å². The number of carbonyl (C=O) groups excluding carboxylic acids is 4. The van der Waals surface area contributed by atoms with Gasteiger partial charge in [0.25, 0.3) is 5.91 Å². The summed E-state index contributed by atoms with van der Waals surface area (Å²) in [6.45, 7) is 1.64. The minimum atomic E-state index is -1.92. The molecule has 1 N–H and O–H groups in total. The fraction of sp³-hybridized carbons (Fsp3) is 0.207. The fourth-order valence-corrected chi connectivity index (χ4v) is 5.38. The topological polar surface area (TPSA) is 114 Å². The van der Waals surface area contributed by atoms with Crippen LogP contribution in [0.25, 0.3) is 0 Å².